The Morgan fingerprint density at radius 2 is 2.13 bits per heavy atom. The molecular weight excluding hydrogens is 194 g/mol. The highest BCUT2D eigenvalue weighted by molar-refractivity contribution is 5.72. The van der Waals surface area contributed by atoms with Crippen molar-refractivity contribution in [2.75, 3.05) is 13.2 Å². The van der Waals surface area contributed by atoms with Gasteiger partial charge in [-0.1, -0.05) is 18.2 Å². The Balaban J connectivity index is 2.09. The van der Waals surface area contributed by atoms with Crippen LogP contribution in [0, 0.1) is 0 Å². The second kappa shape index (κ2) is 2.89. The summed E-state index contributed by atoms with van der Waals surface area (Å²) in [6.45, 7) is 1.01. The molecule has 1 fully saturated rings. The van der Waals surface area contributed by atoms with Crippen LogP contribution in [0.5, 0.6) is 5.75 Å². The van der Waals surface area contributed by atoms with Crippen LogP contribution in [0.4, 0.5) is 4.79 Å². The summed E-state index contributed by atoms with van der Waals surface area (Å²) < 4.78 is 10.5. The fourth-order valence-electron chi connectivity index (χ4n) is 2.19. The fraction of sp³-hybridized carbons (Fsp3) is 0.364. The second-order valence-corrected chi connectivity index (χ2v) is 3.88. The van der Waals surface area contributed by atoms with E-state index in [0.717, 1.165) is 17.7 Å². The van der Waals surface area contributed by atoms with Gasteiger partial charge < -0.3 is 14.8 Å². The number of amides is 1. The predicted octanol–water partition coefficient (Wildman–Crippen LogP) is 1.40. The molecule has 2 heterocycles. The minimum Gasteiger partial charge on any atom is -0.493 e. The maximum atomic E-state index is 11.2. The Kier molecular flexibility index (Phi) is 1.65. The normalized spacial score (nSPS) is 27.9. The molecule has 0 aromatic heterocycles. The van der Waals surface area contributed by atoms with Crippen molar-refractivity contribution in [2.45, 2.75) is 12.0 Å². The van der Waals surface area contributed by atoms with Gasteiger partial charge in [0.2, 0.25) is 0 Å². The molecule has 2 aliphatic heterocycles. The number of alkyl carbamates (subject to hydrolysis) is 1. The number of benzene rings is 1. The zero-order valence-corrected chi connectivity index (χ0v) is 8.16. The summed E-state index contributed by atoms with van der Waals surface area (Å²) in [7, 11) is 0. The predicted molar refractivity (Wildman–Crippen MR) is 52.7 cm³/mol. The van der Waals surface area contributed by atoms with Gasteiger partial charge in [-0.15, -0.1) is 0 Å². The van der Waals surface area contributed by atoms with Crippen LogP contribution >= 0.6 is 0 Å². The standard InChI is InChI=1S/C11H11NO3/c13-10-12-11(7-15-10)5-6-14-9-4-2-1-3-8(9)11/h1-4H,5-7H2,(H,12,13). The summed E-state index contributed by atoms with van der Waals surface area (Å²) in [6, 6.07) is 7.76. The van der Waals surface area contributed by atoms with Crippen LogP contribution in [0.25, 0.3) is 0 Å². The molecule has 1 N–H and O–H groups in total. The summed E-state index contributed by atoms with van der Waals surface area (Å²) in [4.78, 5) is 11.2. The van der Waals surface area contributed by atoms with Crippen LogP contribution < -0.4 is 10.1 Å². The first-order valence-electron chi connectivity index (χ1n) is 4.97. The molecule has 1 atom stereocenters. The van der Waals surface area contributed by atoms with E-state index < -0.39 is 0 Å². The van der Waals surface area contributed by atoms with Gasteiger partial charge in [0.1, 0.15) is 17.9 Å². The van der Waals surface area contributed by atoms with Crippen LogP contribution in [-0.2, 0) is 10.3 Å². The number of carbonyl (C=O) groups is 1. The smallest absolute Gasteiger partial charge is 0.408 e. The van der Waals surface area contributed by atoms with Gasteiger partial charge in [0.05, 0.1) is 6.61 Å². The molecule has 15 heavy (non-hydrogen) atoms. The Morgan fingerprint density at radius 1 is 1.27 bits per heavy atom. The minimum atomic E-state index is -0.369. The van der Waals surface area contributed by atoms with Crippen LogP contribution in [0.1, 0.15) is 12.0 Å². The summed E-state index contributed by atoms with van der Waals surface area (Å²) in [5.74, 6) is 0.842. The molecule has 1 unspecified atom stereocenters. The molecule has 2 aliphatic rings. The van der Waals surface area contributed by atoms with E-state index in [1.54, 1.807) is 0 Å². The van der Waals surface area contributed by atoms with Crippen molar-refractivity contribution in [3.63, 3.8) is 0 Å². The SMILES string of the molecule is O=C1NC2(CCOc3ccccc32)CO1. The number of fused-ring (bicyclic) bond motifs is 2. The molecule has 0 saturated carbocycles. The van der Waals surface area contributed by atoms with Gasteiger partial charge >= 0.3 is 6.09 Å². The fourth-order valence-corrected chi connectivity index (χ4v) is 2.19. The van der Waals surface area contributed by atoms with Gasteiger partial charge in [0.15, 0.2) is 0 Å². The highest BCUT2D eigenvalue weighted by atomic mass is 16.6. The van der Waals surface area contributed by atoms with Gasteiger partial charge in [0.25, 0.3) is 0 Å². The Hall–Kier alpha value is -1.71. The Bertz CT molecular complexity index is 418. The van der Waals surface area contributed by atoms with Gasteiger partial charge in [0, 0.05) is 12.0 Å². The van der Waals surface area contributed by atoms with E-state index in [-0.39, 0.29) is 11.6 Å². The molecule has 1 saturated heterocycles. The molecule has 1 spiro atoms. The van der Waals surface area contributed by atoms with Crippen LogP contribution in [0.2, 0.25) is 0 Å². The lowest BCUT2D eigenvalue weighted by atomic mass is 9.86. The number of cyclic esters (lactones) is 1. The number of para-hydroxylation sites is 1. The lowest BCUT2D eigenvalue weighted by molar-refractivity contribution is 0.157. The third-order valence-electron chi connectivity index (χ3n) is 2.98. The van der Waals surface area contributed by atoms with Crippen molar-refractivity contribution in [3.05, 3.63) is 29.8 Å². The zero-order chi connectivity index (χ0) is 10.3. The third kappa shape index (κ3) is 1.17. The van der Waals surface area contributed by atoms with Gasteiger partial charge in [-0.05, 0) is 6.07 Å². The first-order chi connectivity index (χ1) is 7.30. The van der Waals surface area contributed by atoms with Gasteiger partial charge in [-0.3, -0.25) is 0 Å². The number of hydrogen-bond donors (Lipinski definition) is 1. The summed E-state index contributed by atoms with van der Waals surface area (Å²) in [6.07, 6.45) is 0.419. The van der Waals surface area contributed by atoms with Crippen molar-refractivity contribution >= 4 is 6.09 Å². The molecular formula is C11H11NO3. The van der Waals surface area contributed by atoms with Crippen molar-refractivity contribution in [3.8, 4) is 5.75 Å². The lowest BCUT2D eigenvalue weighted by Crippen LogP contribution is -2.44. The first kappa shape index (κ1) is 8.59. The van der Waals surface area contributed by atoms with E-state index in [0.29, 0.717) is 13.2 Å². The number of carbonyl (C=O) groups excluding carboxylic acids is 1. The molecule has 78 valence electrons. The summed E-state index contributed by atoms with van der Waals surface area (Å²) in [5.41, 5.74) is 0.647. The van der Waals surface area contributed by atoms with E-state index >= 15 is 0 Å². The molecule has 0 aliphatic carbocycles. The van der Waals surface area contributed by atoms with Crippen molar-refractivity contribution in [1.29, 1.82) is 0 Å². The minimum absolute atomic E-state index is 0.341. The van der Waals surface area contributed by atoms with E-state index in [1.165, 1.54) is 0 Å². The van der Waals surface area contributed by atoms with E-state index in [1.807, 2.05) is 24.3 Å². The number of hydrogen-bond acceptors (Lipinski definition) is 3. The highest BCUT2D eigenvalue weighted by Crippen LogP contribution is 2.39. The largest absolute Gasteiger partial charge is 0.493 e. The molecule has 1 amide bonds. The molecule has 0 bridgehead atoms. The van der Waals surface area contributed by atoms with E-state index in [2.05, 4.69) is 5.32 Å². The van der Waals surface area contributed by atoms with Crippen molar-refractivity contribution in [2.24, 2.45) is 0 Å². The maximum absolute atomic E-state index is 11.2. The van der Waals surface area contributed by atoms with Crippen LogP contribution in [-0.4, -0.2) is 19.3 Å². The molecule has 3 rings (SSSR count). The third-order valence-corrected chi connectivity index (χ3v) is 2.98. The zero-order valence-electron chi connectivity index (χ0n) is 8.16. The monoisotopic (exact) mass is 205 g/mol. The molecule has 4 heteroatoms. The molecule has 1 aromatic rings. The Morgan fingerprint density at radius 3 is 2.93 bits per heavy atom. The van der Waals surface area contributed by atoms with Crippen LogP contribution in [0.3, 0.4) is 0 Å². The van der Waals surface area contributed by atoms with Gasteiger partial charge in [-0.25, -0.2) is 4.79 Å². The van der Waals surface area contributed by atoms with Crippen molar-refractivity contribution < 1.29 is 14.3 Å². The van der Waals surface area contributed by atoms with Crippen LogP contribution in [0.15, 0.2) is 24.3 Å². The van der Waals surface area contributed by atoms with Crippen molar-refractivity contribution in [1.82, 2.24) is 5.32 Å². The molecule has 4 nitrogen and oxygen atoms in total. The first-order valence-corrected chi connectivity index (χ1v) is 4.97. The Labute approximate surface area is 87.2 Å². The topological polar surface area (TPSA) is 47.6 Å². The molecule has 1 aromatic carbocycles. The number of ether oxygens (including phenoxy) is 2. The van der Waals surface area contributed by atoms with E-state index in [4.69, 9.17) is 9.47 Å². The number of nitrogens with one attached hydrogen (secondary N) is 1. The quantitative estimate of drug-likeness (QED) is 0.696. The number of rotatable bonds is 0. The summed E-state index contributed by atoms with van der Waals surface area (Å²) >= 11 is 0. The lowest BCUT2D eigenvalue weighted by Gasteiger charge is -2.33. The highest BCUT2D eigenvalue weighted by Gasteiger charge is 2.44. The van der Waals surface area contributed by atoms with Gasteiger partial charge in [-0.2, -0.15) is 0 Å². The molecule has 0 radical (unpaired) electrons. The average Bonchev–Trinajstić information content (AvgIpc) is 2.62. The maximum Gasteiger partial charge on any atom is 0.408 e. The average molecular weight is 205 g/mol. The second-order valence-electron chi connectivity index (χ2n) is 3.88. The summed E-state index contributed by atoms with van der Waals surface area (Å²) in [5, 5.41) is 2.88. The van der Waals surface area contributed by atoms with E-state index in [9.17, 15) is 4.79 Å².